The molecule has 2 aliphatic rings. The summed E-state index contributed by atoms with van der Waals surface area (Å²) in [4.78, 5) is 0. The number of allylic oxidation sites excluding steroid dienone is 8. The Bertz CT molecular complexity index is 1250. The largest absolute Gasteiger partial charge is 0.147 e. The first-order chi connectivity index (χ1) is 16.0. The van der Waals surface area contributed by atoms with E-state index in [1.807, 2.05) is 6.56 Å². The maximum atomic E-state index is 2.74. The van der Waals surface area contributed by atoms with Crippen LogP contribution in [0.15, 0.2) is 78.4 Å². The predicted octanol–water partition coefficient (Wildman–Crippen LogP) is 9.30. The van der Waals surface area contributed by atoms with Crippen LogP contribution in [-0.2, 0) is 28.5 Å². The van der Waals surface area contributed by atoms with Gasteiger partial charge < -0.3 is 0 Å². The van der Waals surface area contributed by atoms with Gasteiger partial charge in [-0.05, 0) is 0 Å². The van der Waals surface area contributed by atoms with E-state index in [1.165, 1.54) is 45.5 Å². The minimum atomic E-state index is -3.33. The van der Waals surface area contributed by atoms with Gasteiger partial charge in [0.2, 0.25) is 0 Å². The quantitative estimate of drug-likeness (QED) is 0.271. The third-order valence-electron chi connectivity index (χ3n) is 8.38. The molecule has 0 radical (unpaired) electrons. The van der Waals surface area contributed by atoms with Crippen molar-refractivity contribution >= 4 is 48.1 Å². The molecular weight excluding hydrogens is 619 g/mol. The molecule has 36 heavy (non-hydrogen) atoms. The summed E-state index contributed by atoms with van der Waals surface area (Å²) in [7, 11) is 0. The summed E-state index contributed by atoms with van der Waals surface area (Å²) in [6.45, 7) is 14.3. The van der Waals surface area contributed by atoms with Gasteiger partial charge in [0.25, 0.3) is 0 Å². The molecule has 2 aromatic rings. The molecule has 0 aromatic heterocycles. The molecule has 0 fully saturated rings. The van der Waals surface area contributed by atoms with Crippen LogP contribution < -0.4 is 0 Å². The zero-order valence-electron chi connectivity index (χ0n) is 23.4. The van der Waals surface area contributed by atoms with E-state index >= 15 is 0 Å². The number of hydrogen-bond acceptors (Lipinski definition) is 0. The zero-order chi connectivity index (χ0) is 24.9. The van der Waals surface area contributed by atoms with E-state index in [2.05, 4.69) is 111 Å². The van der Waals surface area contributed by atoms with Crippen LogP contribution in [0.25, 0.3) is 11.1 Å². The summed E-state index contributed by atoms with van der Waals surface area (Å²) in [5, 5.41) is 0. The zero-order valence-corrected chi connectivity index (χ0v) is 30.4. The SMILES string of the molecule is CCc1cccc(C2=CC(C)[C]([Zr]([CH3])([CH3])(=[GeH2])[C]3=C(C)C(c4cccc(CC)c4)=CC3C)=C2C)c1.Cl.Cl. The minimum Gasteiger partial charge on any atom is -0.147 e. The van der Waals surface area contributed by atoms with Gasteiger partial charge in [-0.3, -0.25) is 0 Å². The fourth-order valence-corrected chi connectivity index (χ4v) is 36.7. The first-order valence-corrected chi connectivity index (χ1v) is 31.0. The Morgan fingerprint density at radius 2 is 1.06 bits per heavy atom. The second-order valence-electron chi connectivity index (χ2n) is 11.6. The molecule has 4 heteroatoms. The molecule has 4 rings (SSSR count). The van der Waals surface area contributed by atoms with Crippen LogP contribution in [0.5, 0.6) is 0 Å². The molecule has 0 amide bonds. The van der Waals surface area contributed by atoms with Crippen LogP contribution in [-0.4, -0.2) is 12.1 Å². The van der Waals surface area contributed by atoms with Gasteiger partial charge in [0, 0.05) is 0 Å². The fourth-order valence-electron chi connectivity index (χ4n) is 7.24. The second kappa shape index (κ2) is 11.7. The van der Waals surface area contributed by atoms with Gasteiger partial charge in [-0.25, -0.2) is 0 Å². The monoisotopic (exact) mass is 662 g/mol. The van der Waals surface area contributed by atoms with Crippen molar-refractivity contribution < 1.29 is 15.7 Å². The van der Waals surface area contributed by atoms with Crippen molar-refractivity contribution in [2.75, 3.05) is 0 Å². The maximum Gasteiger partial charge on any atom is -0.147 e. The van der Waals surface area contributed by atoms with Gasteiger partial charge in [0.15, 0.2) is 0 Å². The summed E-state index contributed by atoms with van der Waals surface area (Å²) in [5.41, 5.74) is 11.8. The van der Waals surface area contributed by atoms with E-state index in [0.29, 0.717) is 11.8 Å². The first kappa shape index (κ1) is 31.6. The Morgan fingerprint density at radius 3 is 1.39 bits per heavy atom. The fraction of sp³-hybridized carbons (Fsp3) is 0.375. The van der Waals surface area contributed by atoms with Crippen LogP contribution in [0, 0.1) is 11.8 Å². The van der Waals surface area contributed by atoms with Crippen molar-refractivity contribution in [3.8, 4) is 0 Å². The molecule has 0 aliphatic heterocycles. The van der Waals surface area contributed by atoms with E-state index in [-0.39, 0.29) is 24.8 Å². The number of hydrogen-bond donors (Lipinski definition) is 0. The summed E-state index contributed by atoms with van der Waals surface area (Å²) >= 11 is -1.91. The van der Waals surface area contributed by atoms with Gasteiger partial charge in [-0.1, -0.05) is 0 Å². The standard InChI is InChI=1S/2C15H17.2CH3.2ClH.GeH2.Zr/c2*1-4-13-6-5-7-14(10-13)15-9-11(2)8-12(15)3;;;;;;/h2*5-7,9-11H,4H2,1-3H3;2*1H3;2*1H;1H2;. The average Bonchev–Trinajstić information content (AvgIpc) is 3.29. The molecule has 0 N–H and O–H groups in total. The Balaban J connectivity index is 0.00000228. The Kier molecular flexibility index (Phi) is 10.2. The van der Waals surface area contributed by atoms with Gasteiger partial charge >= 0.3 is 215 Å². The Hall–Kier alpha value is -0.594. The molecule has 0 bridgehead atoms. The molecule has 0 saturated carbocycles. The molecule has 0 nitrogen and oxygen atoms in total. The van der Waals surface area contributed by atoms with E-state index in [9.17, 15) is 0 Å². The summed E-state index contributed by atoms with van der Waals surface area (Å²) < 4.78 is 9.14. The summed E-state index contributed by atoms with van der Waals surface area (Å²) in [6.07, 6.45) is 7.33. The van der Waals surface area contributed by atoms with Crippen molar-refractivity contribution in [2.24, 2.45) is 11.8 Å². The average molecular weight is 663 g/mol. The number of aryl methyl sites for hydroxylation is 2. The third-order valence-corrected chi connectivity index (χ3v) is 30.4. The Labute approximate surface area is 238 Å². The van der Waals surface area contributed by atoms with E-state index in [1.54, 1.807) is 11.1 Å². The summed E-state index contributed by atoms with van der Waals surface area (Å²) in [6, 6.07) is 18.4. The van der Waals surface area contributed by atoms with Crippen molar-refractivity contribution in [3.05, 3.63) is 101 Å². The van der Waals surface area contributed by atoms with Gasteiger partial charge in [-0.2, -0.15) is 0 Å². The molecular formula is C32H44Cl2GeZr. The Morgan fingerprint density at radius 1 is 0.694 bits per heavy atom. The van der Waals surface area contributed by atoms with Crippen molar-refractivity contribution in [1.82, 2.24) is 0 Å². The molecule has 194 valence electrons. The third kappa shape index (κ3) is 5.56. The first-order valence-electron chi connectivity index (χ1n) is 13.1. The van der Waals surface area contributed by atoms with Gasteiger partial charge in [0.05, 0.1) is 0 Å². The molecule has 2 unspecified atom stereocenters. The van der Waals surface area contributed by atoms with Crippen molar-refractivity contribution in [2.45, 2.75) is 63.6 Å². The number of benzene rings is 2. The molecule has 2 aromatic carbocycles. The van der Waals surface area contributed by atoms with Gasteiger partial charge in [0.1, 0.15) is 0 Å². The molecule has 0 heterocycles. The maximum absolute atomic E-state index is 3.33. The van der Waals surface area contributed by atoms with E-state index in [0.717, 1.165) is 12.8 Å². The van der Waals surface area contributed by atoms with Crippen LogP contribution >= 0.6 is 24.8 Å². The number of rotatable bonds is 6. The van der Waals surface area contributed by atoms with Crippen LogP contribution in [0.2, 0.25) is 9.26 Å². The van der Waals surface area contributed by atoms with Crippen LogP contribution in [0.3, 0.4) is 0 Å². The molecule has 0 saturated heterocycles. The van der Waals surface area contributed by atoms with E-state index < -0.39 is 15.7 Å². The topological polar surface area (TPSA) is 0 Å². The van der Waals surface area contributed by atoms with Gasteiger partial charge in [-0.15, -0.1) is 24.8 Å². The molecule has 2 atom stereocenters. The van der Waals surface area contributed by atoms with Crippen molar-refractivity contribution in [1.29, 1.82) is 0 Å². The van der Waals surface area contributed by atoms with E-state index in [4.69, 9.17) is 0 Å². The number of halogens is 2. The van der Waals surface area contributed by atoms with Crippen molar-refractivity contribution in [3.63, 3.8) is 0 Å². The smallest absolute Gasteiger partial charge is 0.147 e. The molecule has 2 aliphatic carbocycles. The normalized spacial score (nSPS) is 20.1. The van der Waals surface area contributed by atoms with Crippen LogP contribution in [0.1, 0.15) is 63.8 Å². The summed E-state index contributed by atoms with van der Waals surface area (Å²) in [5.74, 6) is 1.07. The molecule has 0 spiro atoms. The van der Waals surface area contributed by atoms with Crippen LogP contribution in [0.4, 0.5) is 0 Å². The second-order valence-corrected chi connectivity index (χ2v) is 53.8. The predicted molar refractivity (Wildman–Crippen MR) is 166 cm³/mol. The minimum absolute atomic E-state index is 0.